The lowest BCUT2D eigenvalue weighted by Gasteiger charge is -2.39. The Kier molecular flexibility index (Phi) is 8.12. The van der Waals surface area contributed by atoms with Gasteiger partial charge in [-0.25, -0.2) is 0 Å². The summed E-state index contributed by atoms with van der Waals surface area (Å²) in [6, 6.07) is 14.0. The van der Waals surface area contributed by atoms with Crippen molar-refractivity contribution < 1.29 is 14.3 Å². The van der Waals surface area contributed by atoms with Crippen molar-refractivity contribution in [3.05, 3.63) is 57.4 Å². The number of methoxy groups -OCH3 is 1. The zero-order valence-electron chi connectivity index (χ0n) is 19.4. The summed E-state index contributed by atoms with van der Waals surface area (Å²) >= 11 is 5.08. The van der Waals surface area contributed by atoms with Gasteiger partial charge in [0.1, 0.15) is 6.61 Å². The van der Waals surface area contributed by atoms with Gasteiger partial charge in [-0.05, 0) is 49.1 Å². The molecule has 1 aliphatic heterocycles. The van der Waals surface area contributed by atoms with E-state index in [9.17, 15) is 4.79 Å². The molecule has 1 saturated carbocycles. The first-order valence-electron chi connectivity index (χ1n) is 11.5. The molecule has 4 rings (SSSR count). The molecule has 178 valence electrons. The zero-order valence-corrected chi connectivity index (χ0v) is 21.8. The first-order valence-corrected chi connectivity index (χ1v) is 13.2. The van der Waals surface area contributed by atoms with E-state index in [1.165, 1.54) is 18.2 Å². The van der Waals surface area contributed by atoms with Gasteiger partial charge in [-0.3, -0.25) is 4.79 Å². The van der Waals surface area contributed by atoms with Crippen LogP contribution in [0.25, 0.3) is 6.08 Å². The van der Waals surface area contributed by atoms with Gasteiger partial charge in [0.25, 0.3) is 5.91 Å². The summed E-state index contributed by atoms with van der Waals surface area (Å²) in [6.45, 7) is 2.37. The fraction of sp³-hybridized carbons (Fsp3) is 0.370. The normalized spacial score (nSPS) is 23.6. The molecular formula is C27H29BrN2O3S. The molecule has 2 aliphatic rings. The van der Waals surface area contributed by atoms with E-state index in [1.54, 1.807) is 7.11 Å². The lowest BCUT2D eigenvalue weighted by atomic mass is 9.85. The number of hydrogen-bond donors (Lipinski definition) is 1. The number of benzene rings is 2. The molecule has 1 unspecified atom stereocenters. The SMILES string of the molecule is C#CCOc1c(/C=C2\SC(Nc3ccccc3)N([C@H]3CCCC[C@H]3C)C2=O)cc(Br)cc1OC. The van der Waals surface area contributed by atoms with E-state index in [-0.39, 0.29) is 24.1 Å². The molecule has 2 fully saturated rings. The first-order chi connectivity index (χ1) is 16.5. The average molecular weight is 542 g/mol. The molecule has 5 nitrogen and oxygen atoms in total. The first kappa shape index (κ1) is 24.6. The quantitative estimate of drug-likeness (QED) is 0.327. The van der Waals surface area contributed by atoms with E-state index in [0.29, 0.717) is 22.3 Å². The van der Waals surface area contributed by atoms with Crippen molar-refractivity contribution >= 4 is 45.4 Å². The van der Waals surface area contributed by atoms with Crippen LogP contribution in [0, 0.1) is 18.3 Å². The molecule has 1 N–H and O–H groups in total. The molecule has 0 spiro atoms. The highest BCUT2D eigenvalue weighted by atomic mass is 79.9. The molecule has 1 aliphatic carbocycles. The molecule has 1 amide bonds. The van der Waals surface area contributed by atoms with Gasteiger partial charge in [-0.2, -0.15) is 0 Å². The monoisotopic (exact) mass is 540 g/mol. The van der Waals surface area contributed by atoms with E-state index in [1.807, 2.05) is 53.4 Å². The maximum atomic E-state index is 13.8. The van der Waals surface area contributed by atoms with Gasteiger partial charge in [-0.1, -0.05) is 71.6 Å². The van der Waals surface area contributed by atoms with Crippen LogP contribution in [0.3, 0.4) is 0 Å². The maximum Gasteiger partial charge on any atom is 0.262 e. The van der Waals surface area contributed by atoms with Gasteiger partial charge < -0.3 is 19.7 Å². The standard InChI is InChI=1S/C27H29BrN2O3S/c1-4-14-33-25-19(15-20(28)17-23(25)32-3)16-24-26(31)30(22-13-9-8-10-18(22)2)27(34-24)29-21-11-6-5-7-12-21/h1,5-7,11-12,15-18,22,27,29H,8-10,13-14H2,2-3H3/b24-16-/t18-,22+,27?/m1/s1. The fourth-order valence-corrected chi connectivity index (χ4v) is 6.28. The number of nitrogens with one attached hydrogen (secondary N) is 1. The number of carbonyl (C=O) groups excluding carboxylic acids is 1. The molecule has 34 heavy (non-hydrogen) atoms. The van der Waals surface area contributed by atoms with Crippen LogP contribution in [0.4, 0.5) is 5.69 Å². The van der Waals surface area contributed by atoms with E-state index in [4.69, 9.17) is 15.9 Å². The number of rotatable bonds is 7. The van der Waals surface area contributed by atoms with Crippen LogP contribution in [0.15, 0.2) is 51.8 Å². The largest absolute Gasteiger partial charge is 0.493 e. The third kappa shape index (κ3) is 5.39. The molecule has 0 bridgehead atoms. The van der Waals surface area contributed by atoms with Crippen LogP contribution in [-0.2, 0) is 4.79 Å². The summed E-state index contributed by atoms with van der Waals surface area (Å²) in [6.07, 6.45) is 11.8. The smallest absolute Gasteiger partial charge is 0.262 e. The summed E-state index contributed by atoms with van der Waals surface area (Å²) in [4.78, 5) is 16.5. The van der Waals surface area contributed by atoms with Crippen molar-refractivity contribution in [3.8, 4) is 23.8 Å². The van der Waals surface area contributed by atoms with Crippen molar-refractivity contribution in [1.29, 1.82) is 0 Å². The molecule has 7 heteroatoms. The summed E-state index contributed by atoms with van der Waals surface area (Å²) < 4.78 is 12.2. The van der Waals surface area contributed by atoms with Crippen LogP contribution in [0.1, 0.15) is 38.2 Å². The summed E-state index contributed by atoms with van der Waals surface area (Å²) in [7, 11) is 1.59. The van der Waals surface area contributed by atoms with Gasteiger partial charge in [-0.15, -0.1) is 6.42 Å². The second kappa shape index (κ2) is 11.2. The Hall–Kier alpha value is -2.56. The second-order valence-electron chi connectivity index (χ2n) is 8.55. The molecule has 1 saturated heterocycles. The molecule has 1 heterocycles. The highest BCUT2D eigenvalue weighted by Gasteiger charge is 2.43. The number of halogens is 1. The molecular weight excluding hydrogens is 512 g/mol. The molecule has 3 atom stereocenters. The Morgan fingerprint density at radius 3 is 2.74 bits per heavy atom. The van der Waals surface area contributed by atoms with E-state index >= 15 is 0 Å². The summed E-state index contributed by atoms with van der Waals surface area (Å²) in [5, 5.41) is 3.57. The minimum atomic E-state index is -0.184. The van der Waals surface area contributed by atoms with Crippen LogP contribution in [0.2, 0.25) is 0 Å². The Labute approximate surface area is 214 Å². The average Bonchev–Trinajstić information content (AvgIpc) is 3.13. The Bertz CT molecular complexity index is 1100. The molecule has 0 aromatic heterocycles. The second-order valence-corrected chi connectivity index (χ2v) is 10.6. The van der Waals surface area contributed by atoms with Crippen LogP contribution in [0.5, 0.6) is 11.5 Å². The van der Waals surface area contributed by atoms with E-state index in [0.717, 1.165) is 35.0 Å². The van der Waals surface area contributed by atoms with Crippen LogP contribution in [-0.4, -0.2) is 36.1 Å². The third-order valence-electron chi connectivity index (χ3n) is 6.28. The van der Waals surface area contributed by atoms with Crippen molar-refractivity contribution in [3.63, 3.8) is 0 Å². The number of anilines is 1. The predicted molar refractivity (Wildman–Crippen MR) is 143 cm³/mol. The highest BCUT2D eigenvalue weighted by molar-refractivity contribution is 9.10. The predicted octanol–water partition coefficient (Wildman–Crippen LogP) is 6.36. The van der Waals surface area contributed by atoms with Gasteiger partial charge in [0.15, 0.2) is 17.0 Å². The number of nitrogens with zero attached hydrogens (tertiary/aromatic N) is 1. The molecule has 2 aromatic rings. The third-order valence-corrected chi connectivity index (χ3v) is 7.85. The number of terminal acetylenes is 1. The Morgan fingerprint density at radius 1 is 1.26 bits per heavy atom. The van der Waals surface area contributed by atoms with Gasteiger partial charge >= 0.3 is 0 Å². The lowest BCUT2D eigenvalue weighted by Crippen LogP contribution is -2.48. The zero-order chi connectivity index (χ0) is 24.1. The van der Waals surface area contributed by atoms with Crippen molar-refractivity contribution in [2.24, 2.45) is 5.92 Å². The number of amides is 1. The fourth-order valence-electron chi connectivity index (χ4n) is 4.62. The van der Waals surface area contributed by atoms with Crippen molar-refractivity contribution in [2.75, 3.05) is 19.0 Å². The van der Waals surface area contributed by atoms with Crippen molar-refractivity contribution in [2.45, 2.75) is 44.1 Å². The van der Waals surface area contributed by atoms with Crippen molar-refractivity contribution in [1.82, 2.24) is 4.90 Å². The van der Waals surface area contributed by atoms with E-state index in [2.05, 4.69) is 34.1 Å². The minimum Gasteiger partial charge on any atom is -0.493 e. The number of thioether (sulfide) groups is 1. The maximum absolute atomic E-state index is 13.8. The number of para-hydroxylation sites is 1. The lowest BCUT2D eigenvalue weighted by molar-refractivity contribution is -0.129. The van der Waals surface area contributed by atoms with Gasteiger partial charge in [0.2, 0.25) is 0 Å². The van der Waals surface area contributed by atoms with Gasteiger partial charge in [0, 0.05) is 21.8 Å². The molecule has 2 aromatic carbocycles. The topological polar surface area (TPSA) is 50.8 Å². The molecule has 0 radical (unpaired) electrons. The number of hydrogen-bond acceptors (Lipinski definition) is 5. The minimum absolute atomic E-state index is 0.0408. The Morgan fingerprint density at radius 2 is 2.03 bits per heavy atom. The van der Waals surface area contributed by atoms with Gasteiger partial charge in [0.05, 0.1) is 12.0 Å². The summed E-state index contributed by atoms with van der Waals surface area (Å²) in [5.74, 6) is 4.09. The number of carbonyl (C=O) groups is 1. The van der Waals surface area contributed by atoms with Crippen LogP contribution < -0.4 is 14.8 Å². The summed E-state index contributed by atoms with van der Waals surface area (Å²) in [5.41, 5.74) is 1.55. The van der Waals surface area contributed by atoms with E-state index < -0.39 is 0 Å². The number of ether oxygens (including phenoxy) is 2. The van der Waals surface area contributed by atoms with Crippen LogP contribution >= 0.6 is 27.7 Å². The highest BCUT2D eigenvalue weighted by Crippen LogP contribution is 2.44. The Balaban J connectivity index is 1.72.